The summed E-state index contributed by atoms with van der Waals surface area (Å²) in [6.07, 6.45) is -1.24. The number of phenols is 4. The molecule has 2 atom stereocenters. The first-order valence-electron chi connectivity index (χ1n) is 9.59. The molecule has 180 valence electrons. The smallest absolute Gasteiger partial charge is 0.314 e. The maximum absolute atomic E-state index is 11.1. The molecule has 0 heterocycles. The van der Waals surface area contributed by atoms with Gasteiger partial charge >= 0.3 is 11.4 Å². The molecule has 33 heavy (non-hydrogen) atoms. The van der Waals surface area contributed by atoms with Crippen LogP contribution in [0.15, 0.2) is 24.3 Å². The van der Waals surface area contributed by atoms with Gasteiger partial charge in [0.15, 0.2) is 11.5 Å². The van der Waals surface area contributed by atoms with E-state index in [1.807, 2.05) is 0 Å². The molecule has 0 saturated carbocycles. The Balaban J connectivity index is 2.26. The number of nitro benzene ring substituents is 2. The number of aromatic hydroxyl groups is 4. The lowest BCUT2D eigenvalue weighted by atomic mass is 10.0. The minimum Gasteiger partial charge on any atom is -0.504 e. The van der Waals surface area contributed by atoms with Crippen molar-refractivity contribution in [2.45, 2.75) is 25.0 Å². The Hall–Kier alpha value is -3.68. The molecule has 0 saturated heterocycles. The van der Waals surface area contributed by atoms with E-state index >= 15 is 0 Å². The molecular formula is C20H24N2O11. The van der Waals surface area contributed by atoms with Gasteiger partial charge in [-0.2, -0.15) is 0 Å². The molecule has 0 aliphatic heterocycles. The minimum atomic E-state index is -0.848. The van der Waals surface area contributed by atoms with Gasteiger partial charge in [-0.05, 0) is 23.3 Å². The summed E-state index contributed by atoms with van der Waals surface area (Å²) in [4.78, 5) is 20.6. The van der Waals surface area contributed by atoms with Crippen molar-refractivity contribution < 1.29 is 44.5 Å². The number of hydrogen-bond donors (Lipinski definition) is 4. The quantitative estimate of drug-likeness (QED) is 0.202. The zero-order valence-corrected chi connectivity index (χ0v) is 17.8. The molecule has 4 N–H and O–H groups in total. The lowest BCUT2D eigenvalue weighted by molar-refractivity contribution is -0.386. The van der Waals surface area contributed by atoms with Crippen molar-refractivity contribution in [1.29, 1.82) is 0 Å². The normalized spacial score (nSPS) is 12.9. The Morgan fingerprint density at radius 1 is 0.758 bits per heavy atom. The van der Waals surface area contributed by atoms with Crippen LogP contribution in [0.2, 0.25) is 0 Å². The number of rotatable bonds is 12. The highest BCUT2D eigenvalue weighted by Gasteiger charge is 2.25. The monoisotopic (exact) mass is 468 g/mol. The third-order valence-corrected chi connectivity index (χ3v) is 4.67. The molecule has 0 aliphatic rings. The van der Waals surface area contributed by atoms with Crippen LogP contribution >= 0.6 is 0 Å². The highest BCUT2D eigenvalue weighted by molar-refractivity contribution is 5.57. The summed E-state index contributed by atoms with van der Waals surface area (Å²) in [6.45, 7) is 0.104. The van der Waals surface area contributed by atoms with Crippen molar-refractivity contribution in [3.05, 3.63) is 55.6 Å². The highest BCUT2D eigenvalue weighted by Crippen LogP contribution is 2.37. The summed E-state index contributed by atoms with van der Waals surface area (Å²) in [5, 5.41) is 61.2. The number of nitro groups is 2. The average Bonchev–Trinajstić information content (AvgIpc) is 2.72. The first-order chi connectivity index (χ1) is 15.6. The van der Waals surface area contributed by atoms with Gasteiger partial charge < -0.3 is 34.6 Å². The average molecular weight is 468 g/mol. The predicted octanol–water partition coefficient (Wildman–Crippen LogP) is 2.16. The van der Waals surface area contributed by atoms with Crippen LogP contribution in [0.1, 0.15) is 11.1 Å². The minimum absolute atomic E-state index is 0.0522. The van der Waals surface area contributed by atoms with Crippen molar-refractivity contribution in [3.63, 3.8) is 0 Å². The van der Waals surface area contributed by atoms with E-state index in [-0.39, 0.29) is 26.1 Å². The Morgan fingerprint density at radius 3 is 1.42 bits per heavy atom. The van der Waals surface area contributed by atoms with E-state index in [4.69, 9.17) is 14.2 Å². The Labute approximate surface area is 187 Å². The van der Waals surface area contributed by atoms with Gasteiger partial charge in [-0.1, -0.05) is 0 Å². The summed E-state index contributed by atoms with van der Waals surface area (Å²) in [6, 6.07) is 4.55. The van der Waals surface area contributed by atoms with E-state index in [2.05, 4.69) is 0 Å². The van der Waals surface area contributed by atoms with Gasteiger partial charge in [0.05, 0.1) is 35.3 Å². The summed E-state index contributed by atoms with van der Waals surface area (Å²) >= 11 is 0. The molecule has 13 nitrogen and oxygen atoms in total. The van der Waals surface area contributed by atoms with Gasteiger partial charge in [0.2, 0.25) is 11.5 Å². The van der Waals surface area contributed by atoms with E-state index < -0.39 is 56.4 Å². The molecule has 2 rings (SSSR count). The summed E-state index contributed by atoms with van der Waals surface area (Å²) in [5.74, 6) is -3.01. The van der Waals surface area contributed by atoms with Gasteiger partial charge in [-0.25, -0.2) is 0 Å². The van der Waals surface area contributed by atoms with Crippen LogP contribution in [0.25, 0.3) is 0 Å². The Kier molecular flexibility index (Phi) is 8.73. The van der Waals surface area contributed by atoms with Crippen LogP contribution in [0.3, 0.4) is 0 Å². The van der Waals surface area contributed by atoms with Gasteiger partial charge in [-0.15, -0.1) is 0 Å². The molecule has 0 bridgehead atoms. The fraction of sp³-hybridized carbons (Fsp3) is 0.400. The van der Waals surface area contributed by atoms with E-state index in [0.717, 1.165) is 12.1 Å². The van der Waals surface area contributed by atoms with Crippen LogP contribution in [0.5, 0.6) is 23.0 Å². The fourth-order valence-electron chi connectivity index (χ4n) is 3.30. The standard InChI is InChI=1S/C20H24N2O11/c1-31-9-13(3-11-5-15(21(27)28)19(25)17(23)7-11)33-14(10-32-2)4-12-6-16(22(29)30)20(26)18(24)8-12/h5-8,13-14,23-26H,3-4,9-10H2,1-2H3. The summed E-state index contributed by atoms with van der Waals surface area (Å²) < 4.78 is 16.3. The van der Waals surface area contributed by atoms with Crippen LogP contribution in [0, 0.1) is 20.2 Å². The van der Waals surface area contributed by atoms with Crippen molar-refractivity contribution in [1.82, 2.24) is 0 Å². The Bertz CT molecular complexity index is 932. The van der Waals surface area contributed by atoms with Gasteiger partial charge in [0.1, 0.15) is 0 Å². The summed E-state index contributed by atoms with van der Waals surface area (Å²) in [5.41, 5.74) is -0.732. The second-order valence-corrected chi connectivity index (χ2v) is 7.18. The fourth-order valence-corrected chi connectivity index (χ4v) is 3.30. The second-order valence-electron chi connectivity index (χ2n) is 7.18. The number of ether oxygens (including phenoxy) is 3. The molecule has 2 aromatic carbocycles. The zero-order valence-electron chi connectivity index (χ0n) is 17.8. The van der Waals surface area contributed by atoms with Crippen LogP contribution in [-0.4, -0.2) is 69.9 Å². The second kappa shape index (κ2) is 11.3. The number of phenolic OH excluding ortho intramolecular Hbond substituents is 4. The number of methoxy groups -OCH3 is 2. The van der Waals surface area contributed by atoms with E-state index in [1.54, 1.807) is 0 Å². The topological polar surface area (TPSA) is 195 Å². The molecule has 2 unspecified atom stereocenters. The molecule has 0 fully saturated rings. The molecule has 2 aromatic rings. The number of hydrogen-bond acceptors (Lipinski definition) is 11. The highest BCUT2D eigenvalue weighted by atomic mass is 16.6. The van der Waals surface area contributed by atoms with Crippen molar-refractivity contribution in [3.8, 4) is 23.0 Å². The molecule has 0 radical (unpaired) electrons. The number of benzene rings is 2. The number of nitrogens with zero attached hydrogens (tertiary/aromatic N) is 2. The maximum Gasteiger partial charge on any atom is 0.314 e. The predicted molar refractivity (Wildman–Crippen MR) is 113 cm³/mol. The van der Waals surface area contributed by atoms with Crippen LogP contribution in [0.4, 0.5) is 11.4 Å². The van der Waals surface area contributed by atoms with Gasteiger partial charge in [-0.3, -0.25) is 20.2 Å². The SMILES string of the molecule is COCC(Cc1cc(O)c(O)c([N+](=O)[O-])c1)OC(COC)Cc1cc(O)c(O)c([N+](=O)[O-])c1. The van der Waals surface area contributed by atoms with Crippen LogP contribution < -0.4 is 0 Å². The third-order valence-electron chi connectivity index (χ3n) is 4.67. The third kappa shape index (κ3) is 6.65. The molecule has 0 amide bonds. The van der Waals surface area contributed by atoms with Crippen LogP contribution in [-0.2, 0) is 27.1 Å². The lowest BCUT2D eigenvalue weighted by Crippen LogP contribution is -2.32. The molecule has 0 spiro atoms. The molecule has 0 aromatic heterocycles. The van der Waals surface area contributed by atoms with Crippen molar-refractivity contribution >= 4 is 11.4 Å². The summed E-state index contributed by atoms with van der Waals surface area (Å²) in [7, 11) is 2.83. The molecule has 0 aliphatic carbocycles. The van der Waals surface area contributed by atoms with E-state index in [1.165, 1.54) is 26.4 Å². The van der Waals surface area contributed by atoms with Crippen molar-refractivity contribution in [2.24, 2.45) is 0 Å². The largest absolute Gasteiger partial charge is 0.504 e. The maximum atomic E-state index is 11.1. The van der Waals surface area contributed by atoms with Gasteiger partial charge in [0.25, 0.3) is 0 Å². The Morgan fingerprint density at radius 2 is 1.12 bits per heavy atom. The molecule has 13 heteroatoms. The van der Waals surface area contributed by atoms with E-state index in [0.29, 0.717) is 11.1 Å². The van der Waals surface area contributed by atoms with Crippen molar-refractivity contribution in [2.75, 3.05) is 27.4 Å². The first-order valence-corrected chi connectivity index (χ1v) is 9.59. The lowest BCUT2D eigenvalue weighted by Gasteiger charge is -2.24. The zero-order chi connectivity index (χ0) is 24.7. The first kappa shape index (κ1) is 25.6. The van der Waals surface area contributed by atoms with Gasteiger partial charge in [0, 0.05) is 39.2 Å². The molecular weight excluding hydrogens is 444 g/mol. The van der Waals surface area contributed by atoms with E-state index in [9.17, 15) is 40.7 Å².